The van der Waals surface area contributed by atoms with Crippen LogP contribution in [0.25, 0.3) is 22.4 Å². The number of anilines is 1. The van der Waals surface area contributed by atoms with Gasteiger partial charge in [0.2, 0.25) is 0 Å². The number of hydrogen-bond donors (Lipinski definition) is 1. The van der Waals surface area contributed by atoms with Gasteiger partial charge in [-0.3, -0.25) is 0 Å². The van der Waals surface area contributed by atoms with Gasteiger partial charge in [0.25, 0.3) is 0 Å². The molecule has 0 atom stereocenters. The molecule has 1 aromatic carbocycles. The first kappa shape index (κ1) is 12.7. The van der Waals surface area contributed by atoms with E-state index < -0.39 is 0 Å². The second kappa shape index (κ2) is 4.98. The van der Waals surface area contributed by atoms with Gasteiger partial charge in [-0.25, -0.2) is 4.98 Å². The lowest BCUT2D eigenvalue weighted by Gasteiger charge is -2.03. The van der Waals surface area contributed by atoms with Gasteiger partial charge in [-0.1, -0.05) is 15.9 Å². The Morgan fingerprint density at radius 3 is 2.95 bits per heavy atom. The summed E-state index contributed by atoms with van der Waals surface area (Å²) < 4.78 is 6.87. The molecule has 98 valence electrons. The lowest BCUT2D eigenvalue weighted by atomic mass is 10.2. The Morgan fingerprint density at radius 2 is 2.16 bits per heavy atom. The Bertz CT molecular complexity index is 717. The Hall–Kier alpha value is -1.33. The zero-order valence-corrected chi connectivity index (χ0v) is 13.0. The van der Waals surface area contributed by atoms with Crippen LogP contribution in [0.1, 0.15) is 13.8 Å². The van der Waals surface area contributed by atoms with Crippen LogP contribution < -0.4 is 5.32 Å². The lowest BCUT2D eigenvalue weighted by molar-refractivity contribution is 0.629. The maximum absolute atomic E-state index is 5.82. The molecule has 0 spiro atoms. The van der Waals surface area contributed by atoms with Crippen LogP contribution in [0.15, 0.2) is 38.5 Å². The van der Waals surface area contributed by atoms with Gasteiger partial charge in [-0.2, -0.15) is 0 Å². The summed E-state index contributed by atoms with van der Waals surface area (Å²) in [6.45, 7) is 4.19. The molecule has 0 aliphatic carbocycles. The fourth-order valence-corrected chi connectivity index (χ4v) is 3.07. The fraction of sp³-hybridized carbons (Fsp3) is 0.214. The Morgan fingerprint density at radius 1 is 1.32 bits per heavy atom. The average Bonchev–Trinajstić information content (AvgIpc) is 2.93. The van der Waals surface area contributed by atoms with Crippen LogP contribution in [0, 0.1) is 0 Å². The third kappa shape index (κ3) is 2.67. The molecule has 0 bridgehead atoms. The van der Waals surface area contributed by atoms with Crippen molar-refractivity contribution in [2.45, 2.75) is 19.9 Å². The molecule has 2 aromatic heterocycles. The molecular weight excluding hydrogens is 324 g/mol. The van der Waals surface area contributed by atoms with E-state index in [-0.39, 0.29) is 0 Å². The van der Waals surface area contributed by atoms with E-state index >= 15 is 0 Å². The molecule has 0 aliphatic rings. The van der Waals surface area contributed by atoms with E-state index in [4.69, 9.17) is 4.42 Å². The van der Waals surface area contributed by atoms with E-state index in [1.54, 1.807) is 11.3 Å². The summed E-state index contributed by atoms with van der Waals surface area (Å²) in [6, 6.07) is 8.38. The number of aromatic nitrogens is 1. The number of benzene rings is 1. The van der Waals surface area contributed by atoms with Gasteiger partial charge in [0, 0.05) is 21.3 Å². The van der Waals surface area contributed by atoms with Crippen molar-refractivity contribution >= 4 is 43.4 Å². The number of fused-ring (bicyclic) bond motifs is 1. The van der Waals surface area contributed by atoms with Gasteiger partial charge in [-0.15, -0.1) is 11.3 Å². The molecule has 19 heavy (non-hydrogen) atoms. The minimum Gasteiger partial charge on any atom is -0.454 e. The second-order valence-electron chi connectivity index (χ2n) is 4.63. The molecule has 0 saturated heterocycles. The summed E-state index contributed by atoms with van der Waals surface area (Å²) in [5, 5.41) is 7.31. The molecule has 2 heterocycles. The molecule has 3 nitrogen and oxygen atoms in total. The van der Waals surface area contributed by atoms with Crippen molar-refractivity contribution < 1.29 is 4.42 Å². The molecule has 5 heteroatoms. The molecule has 0 fully saturated rings. The first-order chi connectivity index (χ1) is 9.11. The van der Waals surface area contributed by atoms with E-state index in [2.05, 4.69) is 40.1 Å². The predicted octanol–water partition coefficient (Wildman–Crippen LogP) is 5.14. The van der Waals surface area contributed by atoms with E-state index in [1.165, 1.54) is 0 Å². The largest absolute Gasteiger partial charge is 0.454 e. The van der Waals surface area contributed by atoms with Crippen LogP contribution in [-0.4, -0.2) is 11.0 Å². The fourth-order valence-electron chi connectivity index (χ4n) is 1.84. The van der Waals surface area contributed by atoms with Gasteiger partial charge in [0.15, 0.2) is 10.9 Å². The molecule has 1 N–H and O–H groups in total. The van der Waals surface area contributed by atoms with Crippen LogP contribution in [0.2, 0.25) is 0 Å². The van der Waals surface area contributed by atoms with Gasteiger partial charge < -0.3 is 9.73 Å². The number of furan rings is 1. The second-order valence-corrected chi connectivity index (χ2v) is 6.40. The van der Waals surface area contributed by atoms with Crippen molar-refractivity contribution in [3.05, 3.63) is 34.1 Å². The Kier molecular flexibility index (Phi) is 3.33. The number of nitrogens with one attached hydrogen (secondary N) is 1. The maximum Gasteiger partial charge on any atom is 0.183 e. The summed E-state index contributed by atoms with van der Waals surface area (Å²) in [6.07, 6.45) is 0. The van der Waals surface area contributed by atoms with Crippen molar-refractivity contribution in [2.75, 3.05) is 5.32 Å². The number of thiazole rings is 1. The van der Waals surface area contributed by atoms with Crippen LogP contribution in [0.3, 0.4) is 0 Å². The molecule has 0 saturated carbocycles. The van der Waals surface area contributed by atoms with Crippen molar-refractivity contribution in [3.63, 3.8) is 0 Å². The van der Waals surface area contributed by atoms with Crippen LogP contribution in [0.4, 0.5) is 5.13 Å². The Balaban J connectivity index is 1.97. The van der Waals surface area contributed by atoms with Crippen molar-refractivity contribution in [1.29, 1.82) is 0 Å². The molecule has 3 aromatic rings. The highest BCUT2D eigenvalue weighted by atomic mass is 79.9. The number of hydrogen-bond acceptors (Lipinski definition) is 4. The average molecular weight is 337 g/mol. The third-order valence-electron chi connectivity index (χ3n) is 2.65. The number of nitrogens with zero attached hydrogens (tertiary/aromatic N) is 1. The standard InChI is InChI=1S/C14H13BrN2OS/c1-8(2)16-14-17-11(7-19-14)13-6-9-5-10(15)3-4-12(9)18-13/h3-8H,1-2H3,(H,16,17). The van der Waals surface area contributed by atoms with E-state index in [0.717, 1.165) is 32.0 Å². The first-order valence-electron chi connectivity index (χ1n) is 6.03. The molecule has 0 amide bonds. The Labute approximate surface area is 123 Å². The topological polar surface area (TPSA) is 38.1 Å². The molecule has 0 aliphatic heterocycles. The highest BCUT2D eigenvalue weighted by Crippen LogP contribution is 2.31. The maximum atomic E-state index is 5.82. The zero-order valence-electron chi connectivity index (χ0n) is 10.6. The minimum absolute atomic E-state index is 0.380. The summed E-state index contributed by atoms with van der Waals surface area (Å²) in [7, 11) is 0. The highest BCUT2D eigenvalue weighted by Gasteiger charge is 2.10. The SMILES string of the molecule is CC(C)Nc1nc(-c2cc3cc(Br)ccc3o2)cs1. The molecule has 0 unspecified atom stereocenters. The number of rotatable bonds is 3. The molecule has 3 rings (SSSR count). The van der Waals surface area contributed by atoms with Crippen molar-refractivity contribution in [1.82, 2.24) is 4.98 Å². The van der Waals surface area contributed by atoms with Gasteiger partial charge >= 0.3 is 0 Å². The summed E-state index contributed by atoms with van der Waals surface area (Å²) in [5.74, 6) is 0.807. The summed E-state index contributed by atoms with van der Waals surface area (Å²) in [5.41, 5.74) is 1.75. The number of halogens is 1. The molecule has 0 radical (unpaired) electrons. The van der Waals surface area contributed by atoms with E-state index in [1.807, 2.05) is 29.6 Å². The summed E-state index contributed by atoms with van der Waals surface area (Å²) in [4.78, 5) is 4.54. The quantitative estimate of drug-likeness (QED) is 0.719. The van der Waals surface area contributed by atoms with Crippen LogP contribution in [-0.2, 0) is 0 Å². The lowest BCUT2D eigenvalue weighted by Crippen LogP contribution is -2.08. The van der Waals surface area contributed by atoms with E-state index in [0.29, 0.717) is 6.04 Å². The summed E-state index contributed by atoms with van der Waals surface area (Å²) >= 11 is 5.06. The van der Waals surface area contributed by atoms with E-state index in [9.17, 15) is 0 Å². The van der Waals surface area contributed by atoms with Gasteiger partial charge in [0.1, 0.15) is 11.3 Å². The van der Waals surface area contributed by atoms with Gasteiger partial charge in [-0.05, 0) is 38.1 Å². The van der Waals surface area contributed by atoms with Crippen molar-refractivity contribution in [2.24, 2.45) is 0 Å². The third-order valence-corrected chi connectivity index (χ3v) is 3.91. The minimum atomic E-state index is 0.380. The van der Waals surface area contributed by atoms with Gasteiger partial charge in [0.05, 0.1) is 0 Å². The zero-order chi connectivity index (χ0) is 13.4. The van der Waals surface area contributed by atoms with Crippen LogP contribution in [0.5, 0.6) is 0 Å². The normalized spacial score (nSPS) is 11.4. The van der Waals surface area contributed by atoms with Crippen LogP contribution >= 0.6 is 27.3 Å². The highest BCUT2D eigenvalue weighted by molar-refractivity contribution is 9.10. The monoisotopic (exact) mass is 336 g/mol. The smallest absolute Gasteiger partial charge is 0.183 e. The first-order valence-corrected chi connectivity index (χ1v) is 7.70. The molecular formula is C14H13BrN2OS. The van der Waals surface area contributed by atoms with Crippen molar-refractivity contribution in [3.8, 4) is 11.5 Å². The predicted molar refractivity (Wildman–Crippen MR) is 83.8 cm³/mol.